The van der Waals surface area contributed by atoms with Gasteiger partial charge < -0.3 is 5.32 Å². The van der Waals surface area contributed by atoms with E-state index in [9.17, 15) is 13.6 Å². The van der Waals surface area contributed by atoms with Crippen molar-refractivity contribution < 1.29 is 13.6 Å². The Bertz CT molecular complexity index is 698. The van der Waals surface area contributed by atoms with Crippen molar-refractivity contribution in [2.45, 2.75) is 32.2 Å². The maximum absolute atomic E-state index is 13.6. The van der Waals surface area contributed by atoms with Crippen molar-refractivity contribution in [2.75, 3.05) is 0 Å². The zero-order valence-corrected chi connectivity index (χ0v) is 11.9. The SMILES string of the molecule is O=C(NCc1c(F)cccc1F)c1ncnc2c1CCCC2. The molecule has 0 bridgehead atoms. The molecule has 114 valence electrons. The van der Waals surface area contributed by atoms with Crippen LogP contribution in [0.5, 0.6) is 0 Å². The first-order valence-corrected chi connectivity index (χ1v) is 7.20. The summed E-state index contributed by atoms with van der Waals surface area (Å²) < 4.78 is 27.1. The molecular formula is C16H15F2N3O. The number of nitrogens with one attached hydrogen (secondary N) is 1. The van der Waals surface area contributed by atoms with Gasteiger partial charge in [0, 0.05) is 23.4 Å². The van der Waals surface area contributed by atoms with E-state index in [-0.39, 0.29) is 12.1 Å². The monoisotopic (exact) mass is 303 g/mol. The highest BCUT2D eigenvalue weighted by atomic mass is 19.1. The number of aryl methyl sites for hydroxylation is 1. The zero-order valence-electron chi connectivity index (χ0n) is 11.9. The first-order valence-electron chi connectivity index (χ1n) is 7.20. The highest BCUT2D eigenvalue weighted by molar-refractivity contribution is 5.93. The number of nitrogens with zero attached hydrogens (tertiary/aromatic N) is 2. The number of aromatic nitrogens is 2. The lowest BCUT2D eigenvalue weighted by atomic mass is 9.94. The molecule has 1 N–H and O–H groups in total. The van der Waals surface area contributed by atoms with Crippen LogP contribution in [0.25, 0.3) is 0 Å². The molecule has 22 heavy (non-hydrogen) atoms. The minimum atomic E-state index is -0.676. The van der Waals surface area contributed by atoms with Crippen LogP contribution in [0.1, 0.15) is 40.2 Å². The number of carbonyl (C=O) groups is 1. The van der Waals surface area contributed by atoms with Crippen LogP contribution in [0, 0.1) is 11.6 Å². The molecule has 1 heterocycles. The molecule has 0 spiro atoms. The Balaban J connectivity index is 1.78. The molecule has 0 fully saturated rings. The van der Waals surface area contributed by atoms with Crippen molar-refractivity contribution in [3.63, 3.8) is 0 Å². The van der Waals surface area contributed by atoms with Crippen molar-refractivity contribution in [1.82, 2.24) is 15.3 Å². The van der Waals surface area contributed by atoms with E-state index in [1.54, 1.807) is 0 Å². The summed E-state index contributed by atoms with van der Waals surface area (Å²) in [6, 6.07) is 3.62. The topological polar surface area (TPSA) is 54.9 Å². The molecule has 0 aliphatic heterocycles. The fourth-order valence-corrected chi connectivity index (χ4v) is 2.67. The van der Waals surface area contributed by atoms with Crippen LogP contribution in [0.3, 0.4) is 0 Å². The van der Waals surface area contributed by atoms with E-state index in [4.69, 9.17) is 0 Å². The van der Waals surface area contributed by atoms with Gasteiger partial charge in [0.15, 0.2) is 0 Å². The number of rotatable bonds is 3. The van der Waals surface area contributed by atoms with Crippen molar-refractivity contribution in [3.05, 3.63) is 58.7 Å². The van der Waals surface area contributed by atoms with Crippen LogP contribution in [-0.2, 0) is 19.4 Å². The molecule has 1 aliphatic rings. The normalized spacial score (nSPS) is 13.5. The van der Waals surface area contributed by atoms with Crippen molar-refractivity contribution >= 4 is 5.91 Å². The van der Waals surface area contributed by atoms with Gasteiger partial charge in [-0.05, 0) is 37.8 Å². The molecule has 0 atom stereocenters. The van der Waals surface area contributed by atoms with E-state index < -0.39 is 17.5 Å². The summed E-state index contributed by atoms with van der Waals surface area (Å²) in [5, 5.41) is 2.54. The minimum Gasteiger partial charge on any atom is -0.346 e. The predicted molar refractivity (Wildman–Crippen MR) is 76.2 cm³/mol. The minimum absolute atomic E-state index is 0.154. The lowest BCUT2D eigenvalue weighted by Crippen LogP contribution is -2.27. The smallest absolute Gasteiger partial charge is 0.270 e. The van der Waals surface area contributed by atoms with E-state index in [1.165, 1.54) is 12.4 Å². The van der Waals surface area contributed by atoms with E-state index in [2.05, 4.69) is 15.3 Å². The molecule has 1 aliphatic carbocycles. The largest absolute Gasteiger partial charge is 0.346 e. The fraction of sp³-hybridized carbons (Fsp3) is 0.312. The summed E-state index contributed by atoms with van der Waals surface area (Å²) in [7, 11) is 0. The lowest BCUT2D eigenvalue weighted by Gasteiger charge is -2.17. The standard InChI is InChI=1S/C16H15F2N3O/c17-12-5-3-6-13(18)11(12)8-19-16(22)15-10-4-1-2-7-14(10)20-9-21-15/h3,5-6,9H,1-2,4,7-8H2,(H,19,22). The van der Waals surface area contributed by atoms with Crippen LogP contribution >= 0.6 is 0 Å². The number of halogens is 2. The maximum Gasteiger partial charge on any atom is 0.270 e. The number of benzene rings is 1. The van der Waals surface area contributed by atoms with Crippen molar-refractivity contribution in [3.8, 4) is 0 Å². The van der Waals surface area contributed by atoms with Gasteiger partial charge in [0.05, 0.1) is 0 Å². The molecule has 0 unspecified atom stereocenters. The number of fused-ring (bicyclic) bond motifs is 1. The second-order valence-electron chi connectivity index (χ2n) is 5.24. The molecule has 4 nitrogen and oxygen atoms in total. The molecule has 0 saturated heterocycles. The predicted octanol–water partition coefficient (Wildman–Crippen LogP) is 2.56. The summed E-state index contributed by atoms with van der Waals surface area (Å²) in [6.07, 6.45) is 4.99. The van der Waals surface area contributed by atoms with Crippen molar-refractivity contribution in [1.29, 1.82) is 0 Å². The summed E-state index contributed by atoms with van der Waals surface area (Å²) in [4.78, 5) is 20.5. The van der Waals surface area contributed by atoms with Gasteiger partial charge in [0.1, 0.15) is 23.7 Å². The summed E-state index contributed by atoms with van der Waals surface area (Å²) in [5.41, 5.74) is 1.89. The Kier molecular flexibility index (Phi) is 4.09. The lowest BCUT2D eigenvalue weighted by molar-refractivity contribution is 0.0943. The fourth-order valence-electron chi connectivity index (χ4n) is 2.67. The molecule has 2 aromatic rings. The van der Waals surface area contributed by atoms with Gasteiger partial charge in [-0.15, -0.1) is 0 Å². The Hall–Kier alpha value is -2.37. The van der Waals surface area contributed by atoms with Crippen LogP contribution in [0.2, 0.25) is 0 Å². The first kappa shape index (κ1) is 14.6. The number of hydrogen-bond acceptors (Lipinski definition) is 3. The van der Waals surface area contributed by atoms with Gasteiger partial charge in [0.25, 0.3) is 5.91 Å². The molecule has 6 heteroatoms. The third-order valence-electron chi connectivity index (χ3n) is 3.83. The Morgan fingerprint density at radius 1 is 1.14 bits per heavy atom. The molecule has 0 radical (unpaired) electrons. The molecular weight excluding hydrogens is 288 g/mol. The zero-order chi connectivity index (χ0) is 15.5. The molecule has 1 aromatic carbocycles. The highest BCUT2D eigenvalue weighted by Crippen LogP contribution is 2.21. The van der Waals surface area contributed by atoms with E-state index in [1.807, 2.05) is 0 Å². The second kappa shape index (κ2) is 6.17. The molecule has 1 aromatic heterocycles. The van der Waals surface area contributed by atoms with Crippen LogP contribution in [-0.4, -0.2) is 15.9 Å². The van der Waals surface area contributed by atoms with Gasteiger partial charge in [0.2, 0.25) is 0 Å². The number of carbonyl (C=O) groups excluding carboxylic acids is 1. The molecule has 1 amide bonds. The van der Waals surface area contributed by atoms with Crippen LogP contribution < -0.4 is 5.32 Å². The second-order valence-corrected chi connectivity index (χ2v) is 5.24. The number of hydrogen-bond donors (Lipinski definition) is 1. The quantitative estimate of drug-likeness (QED) is 0.948. The van der Waals surface area contributed by atoms with E-state index in [0.29, 0.717) is 5.69 Å². The Morgan fingerprint density at radius 3 is 2.64 bits per heavy atom. The highest BCUT2D eigenvalue weighted by Gasteiger charge is 2.20. The Labute approximate surface area is 126 Å². The molecule has 3 rings (SSSR count). The summed E-state index contributed by atoms with van der Waals surface area (Å²) in [6.45, 7) is -0.212. The van der Waals surface area contributed by atoms with E-state index >= 15 is 0 Å². The molecule has 0 saturated carbocycles. The average Bonchev–Trinajstić information content (AvgIpc) is 2.53. The van der Waals surface area contributed by atoms with Gasteiger partial charge in [-0.3, -0.25) is 4.79 Å². The Morgan fingerprint density at radius 2 is 1.86 bits per heavy atom. The van der Waals surface area contributed by atoms with Gasteiger partial charge >= 0.3 is 0 Å². The summed E-state index contributed by atoms with van der Waals surface area (Å²) >= 11 is 0. The number of amides is 1. The average molecular weight is 303 g/mol. The van der Waals surface area contributed by atoms with Crippen LogP contribution in [0.4, 0.5) is 8.78 Å². The van der Waals surface area contributed by atoms with Crippen LogP contribution in [0.15, 0.2) is 24.5 Å². The van der Waals surface area contributed by atoms with Gasteiger partial charge in [-0.1, -0.05) is 6.07 Å². The van der Waals surface area contributed by atoms with Gasteiger partial charge in [-0.2, -0.15) is 0 Å². The van der Waals surface area contributed by atoms with Gasteiger partial charge in [-0.25, -0.2) is 18.7 Å². The first-order chi connectivity index (χ1) is 10.7. The van der Waals surface area contributed by atoms with E-state index in [0.717, 1.165) is 49.1 Å². The summed E-state index contributed by atoms with van der Waals surface area (Å²) in [5.74, 6) is -1.78. The third kappa shape index (κ3) is 2.81. The third-order valence-corrected chi connectivity index (χ3v) is 3.83. The van der Waals surface area contributed by atoms with Crippen molar-refractivity contribution in [2.24, 2.45) is 0 Å². The maximum atomic E-state index is 13.6.